The fraction of sp³-hybridized carbons (Fsp3) is 0. The van der Waals surface area contributed by atoms with E-state index in [2.05, 4.69) is 0 Å². The van der Waals surface area contributed by atoms with Gasteiger partial charge in [0.2, 0.25) is 0 Å². The Morgan fingerprint density at radius 1 is 0.875 bits per heavy atom. The molecule has 1 atom stereocenters. The summed E-state index contributed by atoms with van der Waals surface area (Å²) < 4.78 is 0. The molecule has 0 spiro atoms. The van der Waals surface area contributed by atoms with Gasteiger partial charge >= 0.3 is 72.6 Å². The first kappa shape index (κ1) is 69.6. The maximum atomic E-state index is 0. The molecule has 5 radical (unpaired) electrons. The maximum absolute atomic E-state index is 0. The van der Waals surface area contributed by atoms with E-state index in [1.165, 1.54) is 0 Å². The van der Waals surface area contributed by atoms with Gasteiger partial charge in [-0.15, -0.1) is 0 Å². The van der Waals surface area contributed by atoms with Gasteiger partial charge in [0.1, 0.15) is 0 Å². The summed E-state index contributed by atoms with van der Waals surface area (Å²) in [4.78, 5) is 0. The Kier molecular flexibility index (Phi) is 474. The van der Waals surface area contributed by atoms with Crippen LogP contribution in [-0.4, -0.2) is 72.6 Å². The van der Waals surface area contributed by atoms with Crippen molar-refractivity contribution in [1.82, 2.24) is 0 Å². The molecule has 0 nitrogen and oxygen atoms in total. The van der Waals surface area contributed by atoms with Crippen LogP contribution in [0.4, 0.5) is 0 Å². The van der Waals surface area contributed by atoms with Crippen molar-refractivity contribution in [3.05, 3.63) is 0 Å². The zero-order valence-electron chi connectivity index (χ0n) is 4.60. The third kappa shape index (κ3) is 41.8. The molecule has 0 aliphatic heterocycles. The summed E-state index contributed by atoms with van der Waals surface area (Å²) in [5.41, 5.74) is 0. The SMILES string of the molecule is [AsH3].[Cd].[Cr].[Cu].[Fe].[PbH2].[PbH2].[Zn]. The minimum atomic E-state index is 0. The zero-order valence-corrected chi connectivity index (χ0v) is 28.9. The molecule has 0 bridgehead atoms. The van der Waals surface area contributed by atoms with E-state index in [1.54, 1.807) is 0 Å². The molecule has 0 saturated carbocycles. The summed E-state index contributed by atoms with van der Waals surface area (Å²) >= 11 is 0. The maximum Gasteiger partial charge on any atom is 0 e. The molecule has 0 amide bonds. The van der Waals surface area contributed by atoms with Gasteiger partial charge in [0, 0.05) is 98.3 Å². The van der Waals surface area contributed by atoms with Crippen LogP contribution in [0.25, 0.3) is 0 Å². The van der Waals surface area contributed by atoms with Gasteiger partial charge < -0.3 is 0 Å². The quantitative estimate of drug-likeness (QED) is 0.228. The topological polar surface area (TPSA) is 0 Å². The van der Waals surface area contributed by atoms with Gasteiger partial charge in [-0.2, -0.15) is 0 Å². The minimum absolute atomic E-state index is 0. The van der Waals surface area contributed by atoms with Crippen LogP contribution in [0.5, 0.6) is 0 Å². The van der Waals surface area contributed by atoms with Crippen LogP contribution >= 0.6 is 0 Å². The van der Waals surface area contributed by atoms with Gasteiger partial charge in [-0.25, -0.2) is 0 Å². The molecule has 8 heteroatoms. The van der Waals surface area contributed by atoms with Gasteiger partial charge in [0.15, 0.2) is 0 Å². The Morgan fingerprint density at radius 2 is 0.875 bits per heavy atom. The minimum Gasteiger partial charge on any atom is 0 e. The third-order valence-electron chi connectivity index (χ3n) is 0. The Bertz CT molecular complexity index is 22.0. The van der Waals surface area contributed by atoms with Crippen molar-refractivity contribution in [2.24, 2.45) is 0 Å². The van der Waals surface area contributed by atoms with E-state index in [-0.39, 0.29) is 171 Å². The summed E-state index contributed by atoms with van der Waals surface area (Å²) in [5.74, 6) is 0. The normalized spacial score (nSPS) is 0. The van der Waals surface area contributed by atoms with Gasteiger partial charge in [-0.05, 0) is 0 Å². The molecule has 0 aromatic rings. The molecule has 0 rings (SSSR count). The standard InChI is InChI=1S/AsH3.Cd.Cr.Cu.Fe.2Pb.Zn.4H/h1H3;;;;;;;;;;;. The van der Waals surface area contributed by atoms with E-state index >= 15 is 0 Å². The average molecular weight is 846 g/mol. The molecule has 0 N–H and O–H groups in total. The fourth-order valence-corrected chi connectivity index (χ4v) is 0. The van der Waals surface area contributed by atoms with Crippen LogP contribution in [0, 0.1) is 0 Å². The van der Waals surface area contributed by atoms with Gasteiger partial charge in [-0.3, -0.25) is 0 Å². The second-order valence-corrected chi connectivity index (χ2v) is 0. The van der Waals surface area contributed by atoms with E-state index < -0.39 is 0 Å². The van der Waals surface area contributed by atoms with Crippen LogP contribution in [0.3, 0.4) is 0 Å². The molecule has 0 aromatic heterocycles. The summed E-state index contributed by atoms with van der Waals surface area (Å²) in [6, 6.07) is 0. The van der Waals surface area contributed by atoms with Crippen LogP contribution in [-0.2, 0) is 98.3 Å². The van der Waals surface area contributed by atoms with Gasteiger partial charge in [0.25, 0.3) is 0 Å². The molecule has 8 heavy (non-hydrogen) atoms. The monoisotopic (exact) mass is 847 g/mol. The van der Waals surface area contributed by atoms with E-state index in [0.717, 1.165) is 0 Å². The predicted octanol–water partition coefficient (Wildman–Crippen LogP) is -3.03. The zero-order chi connectivity index (χ0) is 0. The Balaban J connectivity index is 0. The summed E-state index contributed by atoms with van der Waals surface area (Å²) in [7, 11) is 0. The van der Waals surface area contributed by atoms with Crippen molar-refractivity contribution in [2.75, 3.05) is 0 Å². The third-order valence-corrected chi connectivity index (χ3v) is 0. The first-order valence-corrected chi connectivity index (χ1v) is 0. The van der Waals surface area contributed by atoms with E-state index in [1.807, 2.05) is 0 Å². The van der Waals surface area contributed by atoms with Crippen molar-refractivity contribution < 1.29 is 98.3 Å². The Hall–Kier alpha value is 5.52. The largest absolute Gasteiger partial charge is 0 e. The Labute approximate surface area is 167 Å². The fourth-order valence-electron chi connectivity index (χ4n) is 0. The van der Waals surface area contributed by atoms with E-state index in [9.17, 15) is 0 Å². The van der Waals surface area contributed by atoms with Crippen LogP contribution in [0.15, 0.2) is 0 Å². The van der Waals surface area contributed by atoms with Crippen LogP contribution in [0.1, 0.15) is 0 Å². The number of hydrogen-bond donors (Lipinski definition) is 0. The summed E-state index contributed by atoms with van der Waals surface area (Å²) in [5, 5.41) is 0. The average Bonchev–Trinajstić information content (AvgIpc) is 0. The van der Waals surface area contributed by atoms with Crippen LogP contribution < -0.4 is 0 Å². The van der Waals surface area contributed by atoms with Crippen molar-refractivity contribution in [3.63, 3.8) is 0 Å². The van der Waals surface area contributed by atoms with Crippen LogP contribution in [0.2, 0.25) is 0 Å². The first-order valence-electron chi connectivity index (χ1n) is 0. The number of hydrogen-bond acceptors (Lipinski definition) is 0. The Morgan fingerprint density at radius 3 is 0.875 bits per heavy atom. The second-order valence-electron chi connectivity index (χ2n) is 0. The predicted molar refractivity (Wildman–Crippen MR) is 27.0 cm³/mol. The molecule has 1 unspecified atom stereocenters. The van der Waals surface area contributed by atoms with Crippen molar-refractivity contribution >= 4 is 72.6 Å². The van der Waals surface area contributed by atoms with Crippen molar-refractivity contribution in [3.8, 4) is 0 Å². The second kappa shape index (κ2) is 54.5. The van der Waals surface area contributed by atoms with Gasteiger partial charge in [-0.1, -0.05) is 0 Å². The molecule has 49 valence electrons. The molecule has 0 aromatic carbocycles. The summed E-state index contributed by atoms with van der Waals surface area (Å²) in [6.45, 7) is 0. The molecular formula is H7AsCdCrCuFePb2Zn. The number of rotatable bonds is 0. The molecule has 0 aliphatic rings. The molecule has 0 saturated heterocycles. The van der Waals surface area contributed by atoms with Crippen molar-refractivity contribution in [2.45, 2.75) is 0 Å². The summed E-state index contributed by atoms with van der Waals surface area (Å²) in [6.07, 6.45) is 0. The smallest absolute Gasteiger partial charge is 0 e. The first-order chi connectivity index (χ1) is 0. The van der Waals surface area contributed by atoms with E-state index in [0.29, 0.717) is 0 Å². The van der Waals surface area contributed by atoms with E-state index in [4.69, 9.17) is 0 Å². The molecule has 0 aliphatic carbocycles. The molecular weight excluding hydrogens is 839 g/mol. The van der Waals surface area contributed by atoms with Gasteiger partial charge in [0.05, 0.1) is 0 Å². The molecule has 0 heterocycles. The molecule has 0 fully saturated rings. The van der Waals surface area contributed by atoms with Crippen molar-refractivity contribution in [1.29, 1.82) is 0 Å².